The van der Waals surface area contributed by atoms with Gasteiger partial charge in [0.1, 0.15) is 11.6 Å². The van der Waals surface area contributed by atoms with Crippen LogP contribution in [0.1, 0.15) is 28.7 Å². The van der Waals surface area contributed by atoms with Crippen molar-refractivity contribution in [3.63, 3.8) is 0 Å². The maximum Gasteiger partial charge on any atom is 0.408 e. The number of alkyl carbamates (subject to hydrolysis) is 1. The number of amides is 1. The first-order valence-corrected chi connectivity index (χ1v) is 7.53. The van der Waals surface area contributed by atoms with Crippen molar-refractivity contribution in [1.82, 2.24) is 10.3 Å². The van der Waals surface area contributed by atoms with Gasteiger partial charge in [0.25, 0.3) is 0 Å². The second-order valence-corrected chi connectivity index (χ2v) is 5.57. The van der Waals surface area contributed by atoms with Crippen LogP contribution in [0.25, 0.3) is 0 Å². The minimum absolute atomic E-state index is 0.128. The average molecular weight is 320 g/mol. The fraction of sp³-hybridized carbons (Fsp3) is 0.267. The number of carboxylic acids is 1. The van der Waals surface area contributed by atoms with E-state index in [9.17, 15) is 9.59 Å². The van der Waals surface area contributed by atoms with E-state index in [0.29, 0.717) is 5.01 Å². The Hall–Kier alpha value is -2.41. The number of aromatic nitrogens is 1. The standard InChI is InChI=1S/C15H16N2O4S/c1-10-9-22-14(16-10)12(7-13(18)19)17-15(20)21-8-11-5-3-2-4-6-11/h2-6,9,12H,7-8H2,1H3,(H,17,20)(H,18,19)/t12-/m1/s1. The Morgan fingerprint density at radius 2 is 2.09 bits per heavy atom. The van der Waals surface area contributed by atoms with E-state index in [4.69, 9.17) is 9.84 Å². The Morgan fingerprint density at radius 3 is 2.68 bits per heavy atom. The molecule has 0 aliphatic carbocycles. The van der Waals surface area contributed by atoms with Crippen molar-refractivity contribution >= 4 is 23.4 Å². The van der Waals surface area contributed by atoms with E-state index in [1.165, 1.54) is 11.3 Å². The van der Waals surface area contributed by atoms with Crippen LogP contribution < -0.4 is 5.32 Å². The van der Waals surface area contributed by atoms with E-state index in [2.05, 4.69) is 10.3 Å². The summed E-state index contributed by atoms with van der Waals surface area (Å²) in [4.78, 5) is 27.0. The summed E-state index contributed by atoms with van der Waals surface area (Å²) in [7, 11) is 0. The lowest BCUT2D eigenvalue weighted by Crippen LogP contribution is -2.30. The summed E-state index contributed by atoms with van der Waals surface area (Å²) in [5.41, 5.74) is 1.65. The van der Waals surface area contributed by atoms with Crippen molar-refractivity contribution in [2.45, 2.75) is 26.0 Å². The lowest BCUT2D eigenvalue weighted by atomic mass is 10.2. The van der Waals surface area contributed by atoms with E-state index < -0.39 is 18.1 Å². The minimum Gasteiger partial charge on any atom is -0.481 e. The SMILES string of the molecule is Cc1csc([C@@H](CC(=O)O)NC(=O)OCc2ccccc2)n1. The van der Waals surface area contributed by atoms with Gasteiger partial charge in [0.15, 0.2) is 0 Å². The third kappa shape index (κ3) is 4.85. The molecule has 0 saturated carbocycles. The van der Waals surface area contributed by atoms with E-state index in [1.807, 2.05) is 37.3 Å². The van der Waals surface area contributed by atoms with E-state index in [-0.39, 0.29) is 13.0 Å². The van der Waals surface area contributed by atoms with Crippen LogP contribution in [-0.4, -0.2) is 22.2 Å². The van der Waals surface area contributed by atoms with Gasteiger partial charge in [-0.1, -0.05) is 30.3 Å². The zero-order valence-corrected chi connectivity index (χ0v) is 12.8. The number of thiazole rings is 1. The van der Waals surface area contributed by atoms with Gasteiger partial charge in [0, 0.05) is 11.1 Å². The monoisotopic (exact) mass is 320 g/mol. The Morgan fingerprint density at radius 1 is 1.36 bits per heavy atom. The molecule has 1 aromatic heterocycles. The molecular weight excluding hydrogens is 304 g/mol. The highest BCUT2D eigenvalue weighted by Crippen LogP contribution is 2.21. The van der Waals surface area contributed by atoms with Crippen molar-refractivity contribution in [1.29, 1.82) is 0 Å². The molecule has 1 heterocycles. The van der Waals surface area contributed by atoms with Crippen molar-refractivity contribution in [2.24, 2.45) is 0 Å². The molecule has 0 radical (unpaired) electrons. The predicted molar refractivity (Wildman–Crippen MR) is 81.6 cm³/mol. The number of nitrogens with one attached hydrogen (secondary N) is 1. The summed E-state index contributed by atoms with van der Waals surface area (Å²) in [5, 5.41) is 13.9. The lowest BCUT2D eigenvalue weighted by Gasteiger charge is -2.14. The summed E-state index contributed by atoms with van der Waals surface area (Å²) < 4.78 is 5.10. The highest BCUT2D eigenvalue weighted by molar-refractivity contribution is 7.09. The van der Waals surface area contributed by atoms with Gasteiger partial charge >= 0.3 is 12.1 Å². The first-order valence-electron chi connectivity index (χ1n) is 6.65. The Labute approximate surface area is 131 Å². The molecule has 6 nitrogen and oxygen atoms in total. The van der Waals surface area contributed by atoms with Gasteiger partial charge < -0.3 is 15.2 Å². The Balaban J connectivity index is 1.94. The number of benzene rings is 1. The molecule has 1 atom stereocenters. The molecule has 0 saturated heterocycles. The van der Waals surface area contributed by atoms with Crippen molar-refractivity contribution in [3.8, 4) is 0 Å². The van der Waals surface area contributed by atoms with Crippen molar-refractivity contribution in [3.05, 3.63) is 52.0 Å². The molecule has 1 aromatic carbocycles. The molecule has 0 unspecified atom stereocenters. The number of aliphatic carboxylic acids is 1. The van der Waals surface area contributed by atoms with E-state index >= 15 is 0 Å². The highest BCUT2D eigenvalue weighted by Gasteiger charge is 2.21. The van der Waals surface area contributed by atoms with Gasteiger partial charge in [-0.05, 0) is 12.5 Å². The van der Waals surface area contributed by atoms with E-state index in [0.717, 1.165) is 11.3 Å². The number of aryl methyl sites for hydroxylation is 1. The van der Waals surface area contributed by atoms with Crippen LogP contribution in [0.15, 0.2) is 35.7 Å². The number of ether oxygens (including phenoxy) is 1. The normalized spacial score (nSPS) is 11.7. The summed E-state index contributed by atoms with van der Waals surface area (Å²) in [6.07, 6.45) is -0.907. The summed E-state index contributed by atoms with van der Waals surface area (Å²) in [6, 6.07) is 8.56. The highest BCUT2D eigenvalue weighted by atomic mass is 32.1. The summed E-state index contributed by atoms with van der Waals surface area (Å²) in [6.45, 7) is 1.94. The second-order valence-electron chi connectivity index (χ2n) is 4.68. The number of carbonyl (C=O) groups excluding carboxylic acids is 1. The zero-order valence-electron chi connectivity index (χ0n) is 12.0. The Kier molecular flexibility index (Phi) is 5.48. The topological polar surface area (TPSA) is 88.5 Å². The molecule has 0 spiro atoms. The van der Waals surface area contributed by atoms with Crippen LogP contribution in [0, 0.1) is 6.92 Å². The van der Waals surface area contributed by atoms with Crippen LogP contribution in [0.4, 0.5) is 4.79 Å². The van der Waals surface area contributed by atoms with Crippen molar-refractivity contribution in [2.75, 3.05) is 0 Å². The fourth-order valence-corrected chi connectivity index (χ4v) is 2.66. The largest absolute Gasteiger partial charge is 0.481 e. The minimum atomic E-state index is -1.01. The van der Waals surface area contributed by atoms with Gasteiger partial charge in [0.05, 0.1) is 12.5 Å². The number of carbonyl (C=O) groups is 2. The number of hydrogen-bond donors (Lipinski definition) is 2. The van der Waals surface area contributed by atoms with Gasteiger partial charge in [-0.2, -0.15) is 0 Å². The number of nitrogens with zero attached hydrogens (tertiary/aromatic N) is 1. The predicted octanol–water partition coefficient (Wildman–Crippen LogP) is 2.89. The van der Waals surface area contributed by atoms with Crippen LogP contribution in [0.5, 0.6) is 0 Å². The second kappa shape index (κ2) is 7.56. The third-order valence-corrected chi connectivity index (χ3v) is 3.89. The smallest absolute Gasteiger partial charge is 0.408 e. The van der Waals surface area contributed by atoms with Crippen LogP contribution in [0.3, 0.4) is 0 Å². The number of carboxylic acid groups (broad SMARTS) is 1. The van der Waals surface area contributed by atoms with E-state index in [1.54, 1.807) is 5.38 Å². The van der Waals surface area contributed by atoms with Gasteiger partial charge in [0.2, 0.25) is 0 Å². The first kappa shape index (κ1) is 16.0. The maximum atomic E-state index is 11.8. The maximum absolute atomic E-state index is 11.8. The molecule has 1 amide bonds. The molecular formula is C15H16N2O4S. The molecule has 116 valence electrons. The van der Waals surface area contributed by atoms with Gasteiger partial charge in [-0.3, -0.25) is 4.79 Å². The van der Waals surface area contributed by atoms with Crippen LogP contribution in [-0.2, 0) is 16.1 Å². The summed E-state index contributed by atoms with van der Waals surface area (Å²) >= 11 is 1.31. The molecule has 22 heavy (non-hydrogen) atoms. The molecule has 0 bridgehead atoms. The van der Waals surface area contributed by atoms with Gasteiger partial charge in [-0.25, -0.2) is 9.78 Å². The van der Waals surface area contributed by atoms with Gasteiger partial charge in [-0.15, -0.1) is 11.3 Å². The molecule has 2 N–H and O–H groups in total. The van der Waals surface area contributed by atoms with Crippen LogP contribution in [0.2, 0.25) is 0 Å². The average Bonchev–Trinajstić information content (AvgIpc) is 2.92. The first-order chi connectivity index (χ1) is 10.5. The number of hydrogen-bond acceptors (Lipinski definition) is 5. The molecule has 0 aliphatic rings. The third-order valence-electron chi connectivity index (χ3n) is 2.82. The number of rotatable bonds is 6. The quantitative estimate of drug-likeness (QED) is 0.854. The molecule has 7 heteroatoms. The molecule has 0 fully saturated rings. The molecule has 2 rings (SSSR count). The Bertz CT molecular complexity index is 642. The van der Waals surface area contributed by atoms with Crippen molar-refractivity contribution < 1.29 is 19.4 Å². The summed E-state index contributed by atoms with van der Waals surface area (Å²) in [5.74, 6) is -1.01. The molecule has 2 aromatic rings. The van der Waals surface area contributed by atoms with Crippen LogP contribution >= 0.6 is 11.3 Å². The fourth-order valence-electron chi connectivity index (χ4n) is 1.81. The lowest BCUT2D eigenvalue weighted by molar-refractivity contribution is -0.137. The molecule has 0 aliphatic heterocycles. The zero-order chi connectivity index (χ0) is 15.9.